The summed E-state index contributed by atoms with van der Waals surface area (Å²) in [6.07, 6.45) is -5.21. The largest absolute Gasteiger partial charge is 0.416 e. The molecule has 34 heavy (non-hydrogen) atoms. The lowest BCUT2D eigenvalue weighted by atomic mass is 10.1. The molecule has 0 aliphatic carbocycles. The predicted molar refractivity (Wildman–Crippen MR) is 113 cm³/mol. The summed E-state index contributed by atoms with van der Waals surface area (Å²) < 4.78 is 53.4. The van der Waals surface area contributed by atoms with Gasteiger partial charge < -0.3 is 14.8 Å². The van der Waals surface area contributed by atoms with Crippen molar-refractivity contribution < 1.29 is 32.2 Å². The van der Waals surface area contributed by atoms with Crippen molar-refractivity contribution in [2.24, 2.45) is 0 Å². The molecule has 3 aromatic heterocycles. The van der Waals surface area contributed by atoms with Crippen molar-refractivity contribution in [3.63, 3.8) is 0 Å². The first-order valence-corrected chi connectivity index (χ1v) is 10.4. The van der Waals surface area contributed by atoms with Crippen LogP contribution < -0.4 is 10.2 Å². The van der Waals surface area contributed by atoms with Crippen molar-refractivity contribution in [2.45, 2.75) is 51.0 Å². The number of nitrogens with zero attached hydrogens (tertiary/aromatic N) is 4. The van der Waals surface area contributed by atoms with Gasteiger partial charge in [0.25, 0.3) is 11.8 Å². The highest BCUT2D eigenvalue weighted by Gasteiger charge is 2.61. The average Bonchev–Trinajstić information content (AvgIpc) is 3.39. The lowest BCUT2D eigenvalue weighted by Gasteiger charge is -2.28. The standard InChI is InChI=1S/C22H20F3N5O4/c1-11-9-12(22(23,24)25)10-15(26-11)30-16(17-18(20(30)32)34-21(2,3)33-17)19(31)27-14-7-6-13-5-4-8-29(13)28-14/h4-10,16-18H,1-3H3,(H,27,28,31). The lowest BCUT2D eigenvalue weighted by molar-refractivity contribution is -0.161. The number of fused-ring (bicyclic) bond motifs is 2. The Morgan fingerprint density at radius 1 is 1.18 bits per heavy atom. The average molecular weight is 475 g/mol. The maximum Gasteiger partial charge on any atom is 0.416 e. The molecule has 2 aliphatic rings. The Kier molecular flexibility index (Phi) is 4.92. The third-order valence-electron chi connectivity index (χ3n) is 5.62. The number of anilines is 2. The van der Waals surface area contributed by atoms with Crippen LogP contribution in [0.5, 0.6) is 0 Å². The van der Waals surface area contributed by atoms with Gasteiger partial charge in [0.15, 0.2) is 17.7 Å². The van der Waals surface area contributed by atoms with Crippen LogP contribution in [0.4, 0.5) is 24.8 Å². The van der Waals surface area contributed by atoms with Gasteiger partial charge in [0.1, 0.15) is 18.0 Å². The van der Waals surface area contributed by atoms with E-state index < -0.39 is 47.6 Å². The number of aromatic nitrogens is 3. The van der Waals surface area contributed by atoms with Crippen LogP contribution in [-0.2, 0) is 25.2 Å². The van der Waals surface area contributed by atoms with Crippen LogP contribution >= 0.6 is 0 Å². The highest BCUT2D eigenvalue weighted by molar-refractivity contribution is 6.10. The first-order chi connectivity index (χ1) is 15.9. The number of carbonyl (C=O) groups excluding carboxylic acids is 2. The molecule has 3 aromatic rings. The van der Waals surface area contributed by atoms with Gasteiger partial charge in [0.2, 0.25) is 0 Å². The zero-order valence-corrected chi connectivity index (χ0v) is 18.3. The van der Waals surface area contributed by atoms with Gasteiger partial charge in [-0.15, -0.1) is 0 Å². The Morgan fingerprint density at radius 2 is 1.94 bits per heavy atom. The van der Waals surface area contributed by atoms with E-state index in [9.17, 15) is 22.8 Å². The van der Waals surface area contributed by atoms with Crippen molar-refractivity contribution in [1.29, 1.82) is 0 Å². The molecule has 5 heterocycles. The molecule has 2 aliphatic heterocycles. The minimum Gasteiger partial charge on any atom is -0.341 e. The van der Waals surface area contributed by atoms with E-state index in [1.165, 1.54) is 6.92 Å². The second kappa shape index (κ2) is 7.50. The second-order valence-electron chi connectivity index (χ2n) is 8.61. The first-order valence-electron chi connectivity index (χ1n) is 10.4. The van der Waals surface area contributed by atoms with Crippen molar-refractivity contribution in [3.8, 4) is 0 Å². The number of carbonyl (C=O) groups is 2. The molecule has 1 N–H and O–H groups in total. The van der Waals surface area contributed by atoms with E-state index in [1.807, 2.05) is 6.07 Å². The Morgan fingerprint density at radius 3 is 2.68 bits per heavy atom. The predicted octanol–water partition coefficient (Wildman–Crippen LogP) is 2.93. The molecule has 178 valence electrons. The SMILES string of the molecule is Cc1cc(C(F)(F)F)cc(N2C(=O)C3OC(C)(C)OC3C2C(=O)Nc2ccc3cccn3n2)n1. The van der Waals surface area contributed by atoms with Gasteiger partial charge in [-0.3, -0.25) is 14.5 Å². The van der Waals surface area contributed by atoms with Gasteiger partial charge in [-0.05, 0) is 57.2 Å². The van der Waals surface area contributed by atoms with Crippen LogP contribution in [0.1, 0.15) is 25.1 Å². The molecule has 2 fully saturated rings. The van der Waals surface area contributed by atoms with Crippen LogP contribution in [0.2, 0.25) is 0 Å². The van der Waals surface area contributed by atoms with Crippen molar-refractivity contribution in [1.82, 2.24) is 14.6 Å². The number of alkyl halides is 3. The van der Waals surface area contributed by atoms with E-state index in [4.69, 9.17) is 9.47 Å². The number of pyridine rings is 1. The van der Waals surface area contributed by atoms with Crippen molar-refractivity contribution in [3.05, 3.63) is 53.9 Å². The third-order valence-corrected chi connectivity index (χ3v) is 5.62. The molecule has 0 radical (unpaired) electrons. The van der Waals surface area contributed by atoms with E-state index in [0.29, 0.717) is 0 Å². The normalized spacial score (nSPS) is 24.0. The quantitative estimate of drug-likeness (QED) is 0.626. The summed E-state index contributed by atoms with van der Waals surface area (Å²) in [5.74, 6) is -2.69. The Bertz CT molecular complexity index is 1310. The fourth-order valence-corrected chi connectivity index (χ4v) is 4.28. The molecular weight excluding hydrogens is 455 g/mol. The number of halogens is 3. The van der Waals surface area contributed by atoms with Gasteiger partial charge in [0, 0.05) is 11.9 Å². The molecule has 0 bridgehead atoms. The lowest BCUT2D eigenvalue weighted by Crippen LogP contribution is -2.48. The summed E-state index contributed by atoms with van der Waals surface area (Å²) in [5.41, 5.74) is -0.148. The van der Waals surface area contributed by atoms with Crippen molar-refractivity contribution >= 4 is 29.0 Å². The molecule has 3 atom stereocenters. The zero-order valence-electron chi connectivity index (χ0n) is 18.3. The minimum atomic E-state index is -4.66. The highest BCUT2D eigenvalue weighted by atomic mass is 19.4. The first kappa shape index (κ1) is 22.3. The topological polar surface area (TPSA) is 98.1 Å². The number of hydrogen-bond donors (Lipinski definition) is 1. The number of amides is 2. The summed E-state index contributed by atoms with van der Waals surface area (Å²) in [4.78, 5) is 31.7. The molecule has 9 nitrogen and oxygen atoms in total. The van der Waals surface area contributed by atoms with Gasteiger partial charge in [-0.25, -0.2) is 9.50 Å². The molecular formula is C22H20F3N5O4. The fraction of sp³-hybridized carbons (Fsp3) is 0.364. The van der Waals surface area contributed by atoms with Crippen LogP contribution in [0.15, 0.2) is 42.6 Å². The maximum atomic E-state index is 13.4. The Hall–Kier alpha value is -3.51. The summed E-state index contributed by atoms with van der Waals surface area (Å²) >= 11 is 0. The van der Waals surface area contributed by atoms with Crippen molar-refractivity contribution in [2.75, 3.05) is 10.2 Å². The molecule has 2 saturated heterocycles. The van der Waals surface area contributed by atoms with E-state index in [0.717, 1.165) is 22.5 Å². The van der Waals surface area contributed by atoms with Crippen LogP contribution in [-0.4, -0.2) is 50.4 Å². The molecule has 2 amide bonds. The summed E-state index contributed by atoms with van der Waals surface area (Å²) in [7, 11) is 0. The fourth-order valence-electron chi connectivity index (χ4n) is 4.28. The second-order valence-corrected chi connectivity index (χ2v) is 8.61. The summed E-state index contributed by atoms with van der Waals surface area (Å²) in [6.45, 7) is 4.56. The Balaban J connectivity index is 1.54. The van der Waals surface area contributed by atoms with Crippen LogP contribution in [0.25, 0.3) is 5.52 Å². The molecule has 0 aromatic carbocycles. The molecule has 0 spiro atoms. The van der Waals surface area contributed by atoms with Crippen LogP contribution in [0.3, 0.4) is 0 Å². The summed E-state index contributed by atoms with van der Waals surface area (Å²) in [6, 6.07) is 7.19. The number of hydrogen-bond acceptors (Lipinski definition) is 6. The van der Waals surface area contributed by atoms with Gasteiger partial charge in [-0.1, -0.05) is 0 Å². The molecule has 3 unspecified atom stereocenters. The van der Waals surface area contributed by atoms with E-state index in [-0.39, 0.29) is 17.3 Å². The maximum absolute atomic E-state index is 13.4. The number of aryl methyl sites for hydroxylation is 1. The smallest absolute Gasteiger partial charge is 0.341 e. The van der Waals surface area contributed by atoms with Crippen LogP contribution in [0, 0.1) is 6.92 Å². The van der Waals surface area contributed by atoms with E-state index in [2.05, 4.69) is 15.4 Å². The summed E-state index contributed by atoms with van der Waals surface area (Å²) in [5, 5.41) is 6.92. The molecule has 5 rings (SSSR count). The highest BCUT2D eigenvalue weighted by Crippen LogP contribution is 2.41. The number of nitrogens with one attached hydrogen (secondary N) is 1. The van der Waals surface area contributed by atoms with E-state index in [1.54, 1.807) is 42.8 Å². The Labute approximate surface area is 191 Å². The monoisotopic (exact) mass is 475 g/mol. The zero-order chi connectivity index (χ0) is 24.4. The van der Waals surface area contributed by atoms with Gasteiger partial charge in [0.05, 0.1) is 11.1 Å². The molecule has 12 heteroatoms. The minimum absolute atomic E-state index is 0.0377. The molecule has 0 saturated carbocycles. The van der Waals surface area contributed by atoms with E-state index >= 15 is 0 Å². The third kappa shape index (κ3) is 3.78. The number of ether oxygens (including phenoxy) is 2. The van der Waals surface area contributed by atoms with Gasteiger partial charge in [-0.2, -0.15) is 18.3 Å². The van der Waals surface area contributed by atoms with Gasteiger partial charge >= 0.3 is 6.18 Å². The number of rotatable bonds is 3.